The molecule has 1 aromatic rings. The lowest BCUT2D eigenvalue weighted by Gasteiger charge is -2.18. The number of aryl methyl sites for hydroxylation is 1. The SMILES string of the molecule is c1cc(CCCN2CCCNCC2)ccn1. The van der Waals surface area contributed by atoms with Gasteiger partial charge in [0.25, 0.3) is 0 Å². The lowest BCUT2D eigenvalue weighted by molar-refractivity contribution is 0.289. The fraction of sp³-hybridized carbons (Fsp3) is 0.615. The van der Waals surface area contributed by atoms with Gasteiger partial charge >= 0.3 is 0 Å². The average molecular weight is 219 g/mol. The predicted octanol–water partition coefficient (Wildman–Crippen LogP) is 1.31. The second-order valence-electron chi connectivity index (χ2n) is 4.40. The molecule has 0 aliphatic carbocycles. The summed E-state index contributed by atoms with van der Waals surface area (Å²) in [7, 11) is 0. The molecular weight excluding hydrogens is 198 g/mol. The Labute approximate surface area is 97.9 Å². The molecule has 2 heterocycles. The molecule has 1 saturated heterocycles. The van der Waals surface area contributed by atoms with Crippen molar-refractivity contribution in [2.45, 2.75) is 19.3 Å². The number of hydrogen-bond donors (Lipinski definition) is 1. The summed E-state index contributed by atoms with van der Waals surface area (Å²) < 4.78 is 0. The third-order valence-corrected chi connectivity index (χ3v) is 3.12. The molecule has 0 amide bonds. The van der Waals surface area contributed by atoms with Gasteiger partial charge in [-0.2, -0.15) is 0 Å². The first kappa shape index (κ1) is 11.6. The van der Waals surface area contributed by atoms with Crippen molar-refractivity contribution < 1.29 is 0 Å². The van der Waals surface area contributed by atoms with E-state index in [-0.39, 0.29) is 0 Å². The Morgan fingerprint density at radius 2 is 2.06 bits per heavy atom. The van der Waals surface area contributed by atoms with Gasteiger partial charge in [0.15, 0.2) is 0 Å². The highest BCUT2D eigenvalue weighted by Gasteiger charge is 2.07. The van der Waals surface area contributed by atoms with Crippen LogP contribution in [0.4, 0.5) is 0 Å². The van der Waals surface area contributed by atoms with E-state index in [0.29, 0.717) is 0 Å². The highest BCUT2D eigenvalue weighted by molar-refractivity contribution is 5.09. The molecule has 88 valence electrons. The van der Waals surface area contributed by atoms with Crippen molar-refractivity contribution in [1.29, 1.82) is 0 Å². The van der Waals surface area contributed by atoms with E-state index in [4.69, 9.17) is 0 Å². The zero-order chi connectivity index (χ0) is 11.1. The molecule has 3 heteroatoms. The maximum atomic E-state index is 4.04. The van der Waals surface area contributed by atoms with Crippen LogP contribution in [0.3, 0.4) is 0 Å². The normalized spacial score (nSPS) is 18.2. The Bertz CT molecular complexity index is 278. The molecule has 1 aliphatic heterocycles. The van der Waals surface area contributed by atoms with Crippen LogP contribution in [0.5, 0.6) is 0 Å². The van der Waals surface area contributed by atoms with Crippen LogP contribution in [0.15, 0.2) is 24.5 Å². The van der Waals surface area contributed by atoms with Gasteiger partial charge in [0.1, 0.15) is 0 Å². The van der Waals surface area contributed by atoms with Gasteiger partial charge in [-0.3, -0.25) is 4.98 Å². The van der Waals surface area contributed by atoms with Crippen LogP contribution in [0.2, 0.25) is 0 Å². The maximum Gasteiger partial charge on any atom is 0.0270 e. The van der Waals surface area contributed by atoms with Gasteiger partial charge in [0, 0.05) is 25.5 Å². The summed E-state index contributed by atoms with van der Waals surface area (Å²) in [6.07, 6.45) is 7.47. The third-order valence-electron chi connectivity index (χ3n) is 3.12. The van der Waals surface area contributed by atoms with Crippen molar-refractivity contribution in [1.82, 2.24) is 15.2 Å². The number of nitrogens with one attached hydrogen (secondary N) is 1. The van der Waals surface area contributed by atoms with Crippen LogP contribution >= 0.6 is 0 Å². The van der Waals surface area contributed by atoms with Gasteiger partial charge in [0.05, 0.1) is 0 Å². The first-order chi connectivity index (χ1) is 7.95. The van der Waals surface area contributed by atoms with Crippen molar-refractivity contribution in [3.63, 3.8) is 0 Å². The minimum atomic E-state index is 1.15. The second kappa shape index (κ2) is 6.61. The minimum Gasteiger partial charge on any atom is -0.315 e. The molecule has 1 N–H and O–H groups in total. The number of nitrogens with zero attached hydrogens (tertiary/aromatic N) is 2. The van der Waals surface area contributed by atoms with E-state index in [0.717, 1.165) is 6.54 Å². The fourth-order valence-electron chi connectivity index (χ4n) is 2.18. The van der Waals surface area contributed by atoms with Crippen LogP contribution in [0.1, 0.15) is 18.4 Å². The van der Waals surface area contributed by atoms with E-state index in [9.17, 15) is 0 Å². The number of aromatic nitrogens is 1. The molecule has 0 aromatic carbocycles. The average Bonchev–Trinajstić information content (AvgIpc) is 2.59. The van der Waals surface area contributed by atoms with E-state index in [2.05, 4.69) is 27.3 Å². The Hall–Kier alpha value is -0.930. The predicted molar refractivity (Wildman–Crippen MR) is 66.5 cm³/mol. The molecule has 1 fully saturated rings. The summed E-state index contributed by atoms with van der Waals surface area (Å²) in [5.74, 6) is 0. The fourth-order valence-corrected chi connectivity index (χ4v) is 2.18. The van der Waals surface area contributed by atoms with Crippen molar-refractivity contribution in [2.75, 3.05) is 32.7 Å². The van der Waals surface area contributed by atoms with Crippen LogP contribution < -0.4 is 5.32 Å². The smallest absolute Gasteiger partial charge is 0.0270 e. The summed E-state index contributed by atoms with van der Waals surface area (Å²) in [6.45, 7) is 6.01. The Morgan fingerprint density at radius 3 is 2.94 bits per heavy atom. The molecule has 16 heavy (non-hydrogen) atoms. The van der Waals surface area contributed by atoms with E-state index < -0.39 is 0 Å². The summed E-state index contributed by atoms with van der Waals surface area (Å²) in [5.41, 5.74) is 1.41. The molecule has 0 atom stereocenters. The number of rotatable bonds is 4. The van der Waals surface area contributed by atoms with Gasteiger partial charge in [-0.05, 0) is 56.6 Å². The van der Waals surface area contributed by atoms with E-state index in [1.807, 2.05) is 12.4 Å². The quantitative estimate of drug-likeness (QED) is 0.827. The van der Waals surface area contributed by atoms with Crippen LogP contribution in [0.25, 0.3) is 0 Å². The van der Waals surface area contributed by atoms with Gasteiger partial charge in [-0.15, -0.1) is 0 Å². The number of hydrogen-bond acceptors (Lipinski definition) is 3. The Morgan fingerprint density at radius 1 is 1.19 bits per heavy atom. The molecule has 0 bridgehead atoms. The molecule has 3 nitrogen and oxygen atoms in total. The molecule has 1 aromatic heterocycles. The van der Waals surface area contributed by atoms with Gasteiger partial charge in [-0.1, -0.05) is 0 Å². The lowest BCUT2D eigenvalue weighted by atomic mass is 10.1. The van der Waals surface area contributed by atoms with Crippen molar-refractivity contribution in [3.8, 4) is 0 Å². The minimum absolute atomic E-state index is 1.15. The van der Waals surface area contributed by atoms with E-state index in [1.54, 1.807) is 0 Å². The second-order valence-corrected chi connectivity index (χ2v) is 4.40. The topological polar surface area (TPSA) is 28.2 Å². The van der Waals surface area contributed by atoms with Crippen molar-refractivity contribution in [3.05, 3.63) is 30.1 Å². The first-order valence-electron chi connectivity index (χ1n) is 6.27. The largest absolute Gasteiger partial charge is 0.315 e. The third kappa shape index (κ3) is 3.91. The Kier molecular flexibility index (Phi) is 4.77. The van der Waals surface area contributed by atoms with Gasteiger partial charge < -0.3 is 10.2 Å². The summed E-state index contributed by atoms with van der Waals surface area (Å²) in [6, 6.07) is 4.23. The van der Waals surface area contributed by atoms with Crippen LogP contribution in [0, 0.1) is 0 Å². The monoisotopic (exact) mass is 219 g/mol. The molecule has 0 saturated carbocycles. The highest BCUT2D eigenvalue weighted by atomic mass is 15.1. The molecule has 0 unspecified atom stereocenters. The molecular formula is C13H21N3. The highest BCUT2D eigenvalue weighted by Crippen LogP contribution is 2.03. The van der Waals surface area contributed by atoms with Crippen molar-refractivity contribution >= 4 is 0 Å². The lowest BCUT2D eigenvalue weighted by Crippen LogP contribution is -2.29. The Balaban J connectivity index is 1.67. The summed E-state index contributed by atoms with van der Waals surface area (Å²) in [5, 5.41) is 3.44. The number of pyridine rings is 1. The molecule has 2 rings (SSSR count). The standard InChI is InChI=1S/C13H21N3/c1(3-13-4-7-15-8-5-13)10-16-11-2-6-14-9-12-16/h4-5,7-8,14H,1-3,6,9-12H2. The maximum absolute atomic E-state index is 4.04. The van der Waals surface area contributed by atoms with Gasteiger partial charge in [-0.25, -0.2) is 0 Å². The van der Waals surface area contributed by atoms with E-state index in [1.165, 1.54) is 51.0 Å². The molecule has 1 aliphatic rings. The van der Waals surface area contributed by atoms with Gasteiger partial charge in [0.2, 0.25) is 0 Å². The zero-order valence-corrected chi connectivity index (χ0v) is 9.86. The zero-order valence-electron chi connectivity index (χ0n) is 9.86. The van der Waals surface area contributed by atoms with Crippen LogP contribution in [-0.2, 0) is 6.42 Å². The molecule has 0 spiro atoms. The molecule has 0 radical (unpaired) electrons. The van der Waals surface area contributed by atoms with Crippen molar-refractivity contribution in [2.24, 2.45) is 0 Å². The summed E-state index contributed by atoms with van der Waals surface area (Å²) in [4.78, 5) is 6.61. The van der Waals surface area contributed by atoms with Crippen LogP contribution in [-0.4, -0.2) is 42.6 Å². The van der Waals surface area contributed by atoms with E-state index >= 15 is 0 Å². The summed E-state index contributed by atoms with van der Waals surface area (Å²) >= 11 is 0. The first-order valence-corrected chi connectivity index (χ1v) is 6.27.